The largest absolute Gasteiger partial charge is 0.361 e. The lowest BCUT2D eigenvalue weighted by molar-refractivity contribution is -0.149. The minimum Gasteiger partial charge on any atom is -0.361 e. The summed E-state index contributed by atoms with van der Waals surface area (Å²) in [5, 5.41) is 0. The molecule has 0 unspecified atom stereocenters. The quantitative estimate of drug-likeness (QED) is 0.831. The third-order valence-corrected chi connectivity index (χ3v) is 5.19. The number of benzene rings is 1. The normalized spacial score (nSPS) is 25.7. The van der Waals surface area contributed by atoms with Crippen molar-refractivity contribution in [3.05, 3.63) is 60.4 Å². The first kappa shape index (κ1) is 16.7. The number of nitrogens with zero attached hydrogens (tertiary/aromatic N) is 3. The third-order valence-electron chi connectivity index (χ3n) is 5.19. The van der Waals surface area contributed by atoms with Gasteiger partial charge in [0.1, 0.15) is 17.9 Å². The predicted molar refractivity (Wildman–Crippen MR) is 96.8 cm³/mol. The van der Waals surface area contributed by atoms with Gasteiger partial charge in [-0.1, -0.05) is 24.3 Å². The third kappa shape index (κ3) is 2.86. The Labute approximate surface area is 152 Å². The first-order chi connectivity index (χ1) is 12.6. The zero-order valence-corrected chi connectivity index (χ0v) is 14.7. The molecule has 2 atom stereocenters. The van der Waals surface area contributed by atoms with Crippen LogP contribution in [0, 0.1) is 0 Å². The van der Waals surface area contributed by atoms with E-state index in [2.05, 4.69) is 4.98 Å². The van der Waals surface area contributed by atoms with Crippen molar-refractivity contribution in [1.82, 2.24) is 9.88 Å². The van der Waals surface area contributed by atoms with E-state index in [1.54, 1.807) is 23.2 Å². The molecule has 2 aliphatic rings. The maximum absolute atomic E-state index is 12.8. The molecule has 0 bridgehead atoms. The number of pyridine rings is 1. The molecule has 0 aliphatic carbocycles. The van der Waals surface area contributed by atoms with E-state index >= 15 is 0 Å². The second-order valence-corrected chi connectivity index (χ2v) is 6.95. The smallest absolute Gasteiger partial charge is 0.272 e. The second-order valence-electron chi connectivity index (χ2n) is 6.95. The van der Waals surface area contributed by atoms with E-state index in [1.807, 2.05) is 48.2 Å². The molecule has 2 aromatic rings. The van der Waals surface area contributed by atoms with Gasteiger partial charge in [-0.2, -0.15) is 0 Å². The molecule has 2 saturated heterocycles. The molecule has 0 saturated carbocycles. The van der Waals surface area contributed by atoms with Crippen molar-refractivity contribution in [3.8, 4) is 0 Å². The molecule has 134 valence electrons. The van der Waals surface area contributed by atoms with Crippen molar-refractivity contribution in [2.24, 2.45) is 0 Å². The van der Waals surface area contributed by atoms with Crippen molar-refractivity contribution in [2.45, 2.75) is 25.0 Å². The van der Waals surface area contributed by atoms with Crippen LogP contribution in [0.15, 0.2) is 54.7 Å². The summed E-state index contributed by atoms with van der Waals surface area (Å²) in [6.07, 6.45) is 2.28. The van der Waals surface area contributed by atoms with Crippen molar-refractivity contribution < 1.29 is 14.3 Å². The predicted octanol–water partition coefficient (Wildman–Crippen LogP) is 2.12. The maximum Gasteiger partial charge on any atom is 0.272 e. The van der Waals surface area contributed by atoms with Crippen molar-refractivity contribution in [3.63, 3.8) is 0 Å². The maximum atomic E-state index is 12.8. The van der Waals surface area contributed by atoms with E-state index in [0.29, 0.717) is 25.2 Å². The molecular formula is C20H21N3O3. The van der Waals surface area contributed by atoms with Gasteiger partial charge in [0.2, 0.25) is 0 Å². The van der Waals surface area contributed by atoms with Gasteiger partial charge >= 0.3 is 0 Å². The standard InChI is InChI=1S/C20H21N3O3/c1-20-14-22(19(25)16-9-5-6-11-21-16)12-10-17(20)23(18(24)13-26-20)15-7-3-2-4-8-15/h2-9,11,17H,10,12-14H2,1H3/t17-,20-/m1/s1. The van der Waals surface area contributed by atoms with E-state index in [1.165, 1.54) is 0 Å². The number of likely N-dealkylation sites (tertiary alicyclic amines) is 1. The monoisotopic (exact) mass is 351 g/mol. The van der Waals surface area contributed by atoms with Gasteiger partial charge in [-0.05, 0) is 37.6 Å². The summed E-state index contributed by atoms with van der Waals surface area (Å²) in [5.41, 5.74) is 0.704. The molecule has 2 amide bonds. The molecule has 0 radical (unpaired) electrons. The number of morpholine rings is 1. The SMILES string of the molecule is C[C@@]12CN(C(=O)c3ccccn3)CC[C@H]1N(c1ccccc1)C(=O)CO2. The number of para-hydroxylation sites is 1. The lowest BCUT2D eigenvalue weighted by Gasteiger charge is -2.52. The number of piperidine rings is 1. The fraction of sp³-hybridized carbons (Fsp3) is 0.350. The molecule has 26 heavy (non-hydrogen) atoms. The van der Waals surface area contributed by atoms with E-state index in [-0.39, 0.29) is 24.5 Å². The lowest BCUT2D eigenvalue weighted by atomic mass is 9.85. The number of hydrogen-bond donors (Lipinski definition) is 0. The molecule has 6 heteroatoms. The zero-order valence-electron chi connectivity index (χ0n) is 14.7. The molecule has 1 aromatic carbocycles. The molecule has 4 rings (SSSR count). The number of amides is 2. The van der Waals surface area contributed by atoms with Crippen molar-refractivity contribution >= 4 is 17.5 Å². The molecule has 3 heterocycles. The molecule has 0 spiro atoms. The summed E-state index contributed by atoms with van der Waals surface area (Å²) in [5.74, 6) is -0.139. The molecule has 1 aromatic heterocycles. The van der Waals surface area contributed by atoms with E-state index in [4.69, 9.17) is 4.74 Å². The van der Waals surface area contributed by atoms with E-state index < -0.39 is 5.60 Å². The van der Waals surface area contributed by atoms with Crippen LogP contribution in [0.3, 0.4) is 0 Å². The Morgan fingerprint density at radius 3 is 2.69 bits per heavy atom. The van der Waals surface area contributed by atoms with Crippen molar-refractivity contribution in [2.75, 3.05) is 24.6 Å². The summed E-state index contributed by atoms with van der Waals surface area (Å²) in [6.45, 7) is 3.00. The van der Waals surface area contributed by atoms with E-state index in [0.717, 1.165) is 5.69 Å². The lowest BCUT2D eigenvalue weighted by Crippen LogP contribution is -2.68. The highest BCUT2D eigenvalue weighted by atomic mass is 16.5. The first-order valence-electron chi connectivity index (χ1n) is 8.80. The summed E-state index contributed by atoms with van der Waals surface area (Å²) in [4.78, 5) is 33.1. The second kappa shape index (κ2) is 6.53. The first-order valence-corrected chi connectivity index (χ1v) is 8.80. The van der Waals surface area contributed by atoms with Gasteiger partial charge in [0.05, 0.1) is 12.6 Å². The highest BCUT2D eigenvalue weighted by molar-refractivity contribution is 5.96. The average Bonchev–Trinajstić information content (AvgIpc) is 2.69. The fourth-order valence-corrected chi connectivity index (χ4v) is 3.90. The fourth-order valence-electron chi connectivity index (χ4n) is 3.90. The van der Waals surface area contributed by atoms with Gasteiger partial charge in [-0.15, -0.1) is 0 Å². The Bertz CT molecular complexity index is 812. The van der Waals surface area contributed by atoms with Gasteiger partial charge in [-0.3, -0.25) is 14.6 Å². The van der Waals surface area contributed by atoms with Gasteiger partial charge in [0.15, 0.2) is 0 Å². The molecule has 2 fully saturated rings. The molecule has 0 N–H and O–H groups in total. The summed E-state index contributed by atoms with van der Waals surface area (Å²) >= 11 is 0. The Morgan fingerprint density at radius 2 is 1.96 bits per heavy atom. The van der Waals surface area contributed by atoms with Gasteiger partial charge < -0.3 is 14.5 Å². The van der Waals surface area contributed by atoms with E-state index in [9.17, 15) is 9.59 Å². The Hall–Kier alpha value is -2.73. The van der Waals surface area contributed by atoms with Crippen LogP contribution >= 0.6 is 0 Å². The van der Waals surface area contributed by atoms with Gasteiger partial charge in [-0.25, -0.2) is 0 Å². The summed E-state index contributed by atoms with van der Waals surface area (Å²) < 4.78 is 5.94. The number of rotatable bonds is 2. The Balaban J connectivity index is 1.59. The Kier molecular flexibility index (Phi) is 4.20. The Morgan fingerprint density at radius 1 is 1.19 bits per heavy atom. The molecule has 2 aliphatic heterocycles. The van der Waals surface area contributed by atoms with Gasteiger partial charge in [0.25, 0.3) is 11.8 Å². The minimum atomic E-state index is -0.605. The zero-order chi connectivity index (χ0) is 18.1. The number of anilines is 1. The summed E-state index contributed by atoms with van der Waals surface area (Å²) in [7, 11) is 0. The average molecular weight is 351 g/mol. The number of hydrogen-bond acceptors (Lipinski definition) is 4. The number of carbonyl (C=O) groups is 2. The minimum absolute atomic E-state index is 0.0213. The number of fused-ring (bicyclic) bond motifs is 1. The van der Waals surface area contributed by atoms with Crippen LogP contribution in [0.1, 0.15) is 23.8 Å². The van der Waals surface area contributed by atoms with Crippen LogP contribution in [0.5, 0.6) is 0 Å². The summed E-state index contributed by atoms with van der Waals surface area (Å²) in [6, 6.07) is 14.9. The highest BCUT2D eigenvalue weighted by Gasteiger charge is 2.50. The highest BCUT2D eigenvalue weighted by Crippen LogP contribution is 2.36. The number of aromatic nitrogens is 1. The van der Waals surface area contributed by atoms with Crippen LogP contribution in [0.4, 0.5) is 5.69 Å². The van der Waals surface area contributed by atoms with Crippen LogP contribution < -0.4 is 4.90 Å². The van der Waals surface area contributed by atoms with Gasteiger partial charge in [0, 0.05) is 18.4 Å². The van der Waals surface area contributed by atoms with Crippen LogP contribution in [0.25, 0.3) is 0 Å². The van der Waals surface area contributed by atoms with Crippen LogP contribution in [-0.2, 0) is 9.53 Å². The topological polar surface area (TPSA) is 62.7 Å². The van der Waals surface area contributed by atoms with Crippen molar-refractivity contribution in [1.29, 1.82) is 0 Å². The molecular weight excluding hydrogens is 330 g/mol. The number of carbonyl (C=O) groups excluding carboxylic acids is 2. The molecule has 6 nitrogen and oxygen atoms in total. The van der Waals surface area contributed by atoms with Crippen LogP contribution in [0.2, 0.25) is 0 Å². The van der Waals surface area contributed by atoms with Crippen LogP contribution in [-0.4, -0.2) is 53.0 Å². The number of ether oxygens (including phenoxy) is 1.